The van der Waals surface area contributed by atoms with Gasteiger partial charge in [0.25, 0.3) is 0 Å². The number of esters is 1. The molecule has 1 rings (SSSR count). The molecule has 0 saturated heterocycles. The van der Waals surface area contributed by atoms with E-state index in [9.17, 15) is 9.18 Å². The summed E-state index contributed by atoms with van der Waals surface area (Å²) < 4.78 is 17.9. The van der Waals surface area contributed by atoms with Gasteiger partial charge in [0.2, 0.25) is 0 Å². The van der Waals surface area contributed by atoms with Crippen molar-refractivity contribution >= 4 is 23.3 Å². The molecule has 0 amide bonds. The molecule has 0 bridgehead atoms. The third-order valence-electron chi connectivity index (χ3n) is 1.88. The van der Waals surface area contributed by atoms with Gasteiger partial charge in [-0.3, -0.25) is 0 Å². The van der Waals surface area contributed by atoms with Gasteiger partial charge >= 0.3 is 5.97 Å². The zero-order chi connectivity index (χ0) is 12.7. The van der Waals surface area contributed by atoms with Crippen LogP contribution in [-0.4, -0.2) is 19.1 Å². The Morgan fingerprint density at radius 3 is 3.06 bits per heavy atom. The molecular formula is C12H13ClFNO2. The number of halogens is 2. The fourth-order valence-corrected chi connectivity index (χ4v) is 1.32. The van der Waals surface area contributed by atoms with Crippen molar-refractivity contribution in [2.75, 3.05) is 18.5 Å². The predicted octanol–water partition coefficient (Wildman–Crippen LogP) is 3.01. The fraction of sp³-hybridized carbons (Fsp3) is 0.250. The molecule has 1 N–H and O–H groups in total. The molecule has 0 heterocycles. The van der Waals surface area contributed by atoms with Crippen molar-refractivity contribution in [1.29, 1.82) is 0 Å². The predicted molar refractivity (Wildman–Crippen MR) is 65.7 cm³/mol. The summed E-state index contributed by atoms with van der Waals surface area (Å²) in [6, 6.07) is 4.23. The van der Waals surface area contributed by atoms with Crippen molar-refractivity contribution in [2.24, 2.45) is 0 Å². The maximum absolute atomic E-state index is 13.2. The lowest BCUT2D eigenvalue weighted by Crippen LogP contribution is -2.03. The Morgan fingerprint density at radius 1 is 1.59 bits per heavy atom. The zero-order valence-electron chi connectivity index (χ0n) is 9.37. The maximum atomic E-state index is 13.2. The molecule has 0 aromatic heterocycles. The molecule has 0 aliphatic heterocycles. The van der Waals surface area contributed by atoms with Gasteiger partial charge in [-0.25, -0.2) is 9.18 Å². The van der Waals surface area contributed by atoms with Gasteiger partial charge in [-0.15, -0.1) is 0 Å². The number of carbonyl (C=O) groups excluding carboxylic acids is 1. The lowest BCUT2D eigenvalue weighted by molar-refractivity contribution is -0.137. The molecule has 0 atom stereocenters. The summed E-state index contributed by atoms with van der Waals surface area (Å²) in [7, 11) is 0. The molecule has 1 aromatic rings. The highest BCUT2D eigenvalue weighted by molar-refractivity contribution is 6.30. The van der Waals surface area contributed by atoms with Crippen LogP contribution >= 0.6 is 11.6 Å². The minimum atomic E-state index is -0.416. The maximum Gasteiger partial charge on any atom is 0.330 e. The molecule has 5 heteroatoms. The third kappa shape index (κ3) is 4.87. The van der Waals surface area contributed by atoms with E-state index in [1.165, 1.54) is 24.3 Å². The second-order valence-electron chi connectivity index (χ2n) is 3.16. The van der Waals surface area contributed by atoms with E-state index in [2.05, 4.69) is 10.1 Å². The smallest absolute Gasteiger partial charge is 0.330 e. The van der Waals surface area contributed by atoms with Crippen LogP contribution in [0.25, 0.3) is 0 Å². The van der Waals surface area contributed by atoms with Gasteiger partial charge in [0.05, 0.1) is 12.3 Å². The van der Waals surface area contributed by atoms with Gasteiger partial charge in [-0.05, 0) is 25.1 Å². The summed E-state index contributed by atoms with van der Waals surface area (Å²) >= 11 is 5.72. The van der Waals surface area contributed by atoms with Crippen LogP contribution in [0, 0.1) is 5.82 Å². The first-order chi connectivity index (χ1) is 8.13. The fourth-order valence-electron chi connectivity index (χ4n) is 1.15. The average molecular weight is 258 g/mol. The van der Waals surface area contributed by atoms with Crippen molar-refractivity contribution in [3.05, 3.63) is 41.2 Å². The summed E-state index contributed by atoms with van der Waals surface area (Å²) in [5, 5.41) is 3.24. The molecule has 0 fully saturated rings. The van der Waals surface area contributed by atoms with E-state index < -0.39 is 5.97 Å². The van der Waals surface area contributed by atoms with Crippen molar-refractivity contribution in [3.63, 3.8) is 0 Å². The molecule has 17 heavy (non-hydrogen) atoms. The molecule has 0 spiro atoms. The topological polar surface area (TPSA) is 38.3 Å². The molecule has 92 valence electrons. The van der Waals surface area contributed by atoms with E-state index in [0.29, 0.717) is 23.9 Å². The number of hydrogen-bond acceptors (Lipinski definition) is 3. The molecule has 0 saturated carbocycles. The van der Waals surface area contributed by atoms with E-state index in [0.717, 1.165) is 0 Å². The lowest BCUT2D eigenvalue weighted by atomic mass is 10.3. The Bertz CT molecular complexity index is 421. The highest BCUT2D eigenvalue weighted by Crippen LogP contribution is 2.19. The minimum Gasteiger partial charge on any atom is -0.463 e. The van der Waals surface area contributed by atoms with Gasteiger partial charge in [-0.1, -0.05) is 17.7 Å². The summed E-state index contributed by atoms with van der Waals surface area (Å²) in [5.74, 6) is -0.806. The first-order valence-electron chi connectivity index (χ1n) is 5.15. The molecule has 1 aromatic carbocycles. The van der Waals surface area contributed by atoms with Crippen molar-refractivity contribution in [3.8, 4) is 0 Å². The summed E-state index contributed by atoms with van der Waals surface area (Å²) in [5.41, 5.74) is 0.297. The molecule has 0 aliphatic rings. The quantitative estimate of drug-likeness (QED) is 0.651. The first kappa shape index (κ1) is 13.5. The van der Waals surface area contributed by atoms with Crippen molar-refractivity contribution < 1.29 is 13.9 Å². The second kappa shape index (κ2) is 6.91. The van der Waals surface area contributed by atoms with Gasteiger partial charge < -0.3 is 10.1 Å². The Hall–Kier alpha value is -1.55. The van der Waals surface area contributed by atoms with Gasteiger partial charge in [0.15, 0.2) is 0 Å². The van der Waals surface area contributed by atoms with Crippen LogP contribution in [-0.2, 0) is 9.53 Å². The normalized spacial score (nSPS) is 10.5. The number of hydrogen-bond donors (Lipinski definition) is 1. The monoisotopic (exact) mass is 257 g/mol. The van der Waals surface area contributed by atoms with Crippen molar-refractivity contribution in [1.82, 2.24) is 0 Å². The van der Waals surface area contributed by atoms with E-state index in [1.807, 2.05) is 0 Å². The molecule has 3 nitrogen and oxygen atoms in total. The summed E-state index contributed by atoms with van der Waals surface area (Å²) in [6.45, 7) is 2.38. The van der Waals surface area contributed by atoms with E-state index >= 15 is 0 Å². The Balaban J connectivity index is 2.45. The minimum absolute atomic E-state index is 0.297. The highest BCUT2D eigenvalue weighted by atomic mass is 35.5. The largest absolute Gasteiger partial charge is 0.463 e. The molecule has 0 aliphatic carbocycles. The van der Waals surface area contributed by atoms with Crippen LogP contribution in [0.4, 0.5) is 10.1 Å². The van der Waals surface area contributed by atoms with Crippen LogP contribution in [0.2, 0.25) is 5.02 Å². The Kier molecular flexibility index (Phi) is 5.49. The SMILES string of the molecule is CCOC(=O)/C=C/CNc1cc(Cl)ccc1F. The Labute approximate surface area is 104 Å². The van der Waals surface area contributed by atoms with Gasteiger partial charge in [0.1, 0.15) is 5.82 Å². The van der Waals surface area contributed by atoms with Crippen LogP contribution in [0.1, 0.15) is 6.92 Å². The number of carbonyl (C=O) groups is 1. The van der Waals surface area contributed by atoms with Crippen LogP contribution in [0.5, 0.6) is 0 Å². The standard InChI is InChI=1S/C12H13ClFNO2/c1-2-17-12(16)4-3-7-15-11-8-9(13)5-6-10(11)14/h3-6,8,15H,2,7H2,1H3/b4-3+. The first-order valence-corrected chi connectivity index (χ1v) is 5.53. The molecule has 0 unspecified atom stereocenters. The Morgan fingerprint density at radius 2 is 2.35 bits per heavy atom. The summed E-state index contributed by atoms with van der Waals surface area (Å²) in [6.07, 6.45) is 2.84. The molecular weight excluding hydrogens is 245 g/mol. The van der Waals surface area contributed by atoms with E-state index in [-0.39, 0.29) is 5.82 Å². The second-order valence-corrected chi connectivity index (χ2v) is 3.60. The number of benzene rings is 1. The zero-order valence-corrected chi connectivity index (χ0v) is 10.1. The van der Waals surface area contributed by atoms with Crippen LogP contribution in [0.15, 0.2) is 30.4 Å². The molecule has 0 radical (unpaired) electrons. The van der Waals surface area contributed by atoms with E-state index in [4.69, 9.17) is 11.6 Å². The van der Waals surface area contributed by atoms with Gasteiger partial charge in [-0.2, -0.15) is 0 Å². The van der Waals surface area contributed by atoms with Crippen molar-refractivity contribution in [2.45, 2.75) is 6.92 Å². The van der Waals surface area contributed by atoms with Gasteiger partial charge in [0, 0.05) is 17.6 Å². The summed E-state index contributed by atoms with van der Waals surface area (Å²) in [4.78, 5) is 10.9. The van der Waals surface area contributed by atoms with Crippen LogP contribution < -0.4 is 5.32 Å². The number of anilines is 1. The number of rotatable bonds is 5. The number of nitrogens with one attached hydrogen (secondary N) is 1. The average Bonchev–Trinajstić information content (AvgIpc) is 2.29. The van der Waals surface area contributed by atoms with E-state index in [1.54, 1.807) is 13.0 Å². The lowest BCUT2D eigenvalue weighted by Gasteiger charge is -2.04. The number of ether oxygens (including phenoxy) is 1. The third-order valence-corrected chi connectivity index (χ3v) is 2.11. The highest BCUT2D eigenvalue weighted by Gasteiger charge is 2.00. The van der Waals surface area contributed by atoms with Crippen LogP contribution in [0.3, 0.4) is 0 Å².